The molecule has 0 saturated heterocycles. The van der Waals surface area contributed by atoms with E-state index >= 15 is 0 Å². The van der Waals surface area contributed by atoms with Gasteiger partial charge in [0.15, 0.2) is 5.78 Å². The SMILES string of the molecule is C[C@H](CCC(=O)O)[C@H]1CC(=O)[C@@]2(C)C3=C(C(=O)[C@H](O)[C@]12C)[C@@]1(C)CCC(=O)C(C)(C)[C@@H]1C[C@@H]3O. The van der Waals surface area contributed by atoms with Crippen LogP contribution in [0.3, 0.4) is 0 Å². The van der Waals surface area contributed by atoms with Crippen molar-refractivity contribution < 1.29 is 34.5 Å². The topological polar surface area (TPSA) is 129 Å². The van der Waals surface area contributed by atoms with Crippen LogP contribution in [0.1, 0.15) is 80.1 Å². The van der Waals surface area contributed by atoms with E-state index < -0.39 is 45.6 Å². The van der Waals surface area contributed by atoms with Gasteiger partial charge in [-0.2, -0.15) is 0 Å². The zero-order valence-corrected chi connectivity index (χ0v) is 21.1. The lowest BCUT2D eigenvalue weighted by molar-refractivity contribution is -0.158. The molecule has 0 aliphatic heterocycles. The Kier molecular flexibility index (Phi) is 5.62. The van der Waals surface area contributed by atoms with E-state index in [1.54, 1.807) is 13.8 Å². The summed E-state index contributed by atoms with van der Waals surface area (Å²) >= 11 is 0. The van der Waals surface area contributed by atoms with E-state index in [1.807, 2.05) is 27.7 Å². The lowest BCUT2D eigenvalue weighted by Crippen LogP contribution is -2.64. The Hall–Kier alpha value is -1.86. The molecule has 188 valence electrons. The van der Waals surface area contributed by atoms with Crippen LogP contribution in [-0.4, -0.2) is 50.8 Å². The Morgan fingerprint density at radius 3 is 2.26 bits per heavy atom. The van der Waals surface area contributed by atoms with Crippen LogP contribution in [0.5, 0.6) is 0 Å². The fourth-order valence-electron chi connectivity index (χ4n) is 8.48. The summed E-state index contributed by atoms with van der Waals surface area (Å²) in [6.45, 7) is 11.1. The molecule has 0 spiro atoms. The summed E-state index contributed by atoms with van der Waals surface area (Å²) < 4.78 is 0. The minimum absolute atomic E-state index is 0.0534. The minimum Gasteiger partial charge on any atom is -0.481 e. The van der Waals surface area contributed by atoms with Gasteiger partial charge in [0, 0.05) is 41.1 Å². The van der Waals surface area contributed by atoms with Crippen molar-refractivity contribution in [3.8, 4) is 0 Å². The van der Waals surface area contributed by atoms with E-state index in [-0.39, 0.29) is 48.6 Å². The van der Waals surface area contributed by atoms with Gasteiger partial charge in [0.1, 0.15) is 17.7 Å². The number of aliphatic hydroxyl groups excluding tert-OH is 2. The molecule has 2 fully saturated rings. The van der Waals surface area contributed by atoms with Crippen molar-refractivity contribution in [3.63, 3.8) is 0 Å². The van der Waals surface area contributed by atoms with Crippen LogP contribution < -0.4 is 0 Å². The van der Waals surface area contributed by atoms with E-state index in [1.165, 1.54) is 0 Å². The highest BCUT2D eigenvalue weighted by Crippen LogP contribution is 2.70. The fourth-order valence-corrected chi connectivity index (χ4v) is 8.48. The molecule has 2 saturated carbocycles. The van der Waals surface area contributed by atoms with Gasteiger partial charge < -0.3 is 15.3 Å². The highest BCUT2D eigenvalue weighted by atomic mass is 16.4. The number of carbonyl (C=O) groups is 4. The van der Waals surface area contributed by atoms with Crippen molar-refractivity contribution >= 4 is 23.3 Å². The number of aliphatic carboxylic acids is 1. The van der Waals surface area contributed by atoms with E-state index in [4.69, 9.17) is 5.11 Å². The number of carbonyl (C=O) groups excluding carboxylic acids is 3. The molecule has 7 heteroatoms. The van der Waals surface area contributed by atoms with Gasteiger partial charge >= 0.3 is 5.97 Å². The second-order valence-corrected chi connectivity index (χ2v) is 12.5. The maximum absolute atomic E-state index is 14.0. The highest BCUT2D eigenvalue weighted by Gasteiger charge is 2.73. The van der Waals surface area contributed by atoms with Crippen molar-refractivity contribution in [3.05, 3.63) is 11.1 Å². The molecular formula is C27H38O7. The van der Waals surface area contributed by atoms with Crippen LogP contribution in [-0.2, 0) is 19.2 Å². The first-order valence-electron chi connectivity index (χ1n) is 12.5. The van der Waals surface area contributed by atoms with Crippen molar-refractivity contribution in [2.24, 2.45) is 39.4 Å². The van der Waals surface area contributed by atoms with Gasteiger partial charge in [0.2, 0.25) is 0 Å². The Morgan fingerprint density at radius 1 is 1.06 bits per heavy atom. The highest BCUT2D eigenvalue weighted by molar-refractivity contribution is 6.08. The first-order valence-corrected chi connectivity index (χ1v) is 12.5. The zero-order valence-electron chi connectivity index (χ0n) is 21.1. The van der Waals surface area contributed by atoms with Gasteiger partial charge in [0.05, 0.1) is 11.5 Å². The molecule has 7 nitrogen and oxygen atoms in total. The fraction of sp³-hybridized carbons (Fsp3) is 0.778. The molecule has 34 heavy (non-hydrogen) atoms. The van der Waals surface area contributed by atoms with Crippen LogP contribution in [0.2, 0.25) is 0 Å². The Labute approximate surface area is 201 Å². The third kappa shape index (κ3) is 2.89. The van der Waals surface area contributed by atoms with E-state index in [2.05, 4.69) is 0 Å². The van der Waals surface area contributed by atoms with Gasteiger partial charge in [-0.15, -0.1) is 0 Å². The van der Waals surface area contributed by atoms with Crippen molar-refractivity contribution in [1.82, 2.24) is 0 Å². The third-order valence-corrected chi connectivity index (χ3v) is 10.8. The van der Waals surface area contributed by atoms with Crippen molar-refractivity contribution in [2.75, 3.05) is 0 Å². The molecule has 0 aromatic carbocycles. The van der Waals surface area contributed by atoms with Crippen LogP contribution in [0.15, 0.2) is 11.1 Å². The molecule has 0 heterocycles. The van der Waals surface area contributed by atoms with Crippen LogP contribution in [0.4, 0.5) is 0 Å². The lowest BCUT2D eigenvalue weighted by Gasteiger charge is -2.61. The second kappa shape index (κ2) is 7.57. The molecule has 0 unspecified atom stereocenters. The number of Topliss-reactive ketones (excluding diaryl/α,β-unsaturated/α-hetero) is 3. The number of aliphatic hydroxyl groups is 2. The summed E-state index contributed by atoms with van der Waals surface area (Å²) in [5.74, 6) is -2.25. The summed E-state index contributed by atoms with van der Waals surface area (Å²) in [5.41, 5.74) is -3.04. The largest absolute Gasteiger partial charge is 0.481 e. The summed E-state index contributed by atoms with van der Waals surface area (Å²) in [6, 6.07) is 0. The quantitative estimate of drug-likeness (QED) is 0.571. The van der Waals surface area contributed by atoms with Gasteiger partial charge in [0.25, 0.3) is 0 Å². The Morgan fingerprint density at radius 2 is 1.68 bits per heavy atom. The first kappa shape index (κ1) is 25.2. The number of hydrogen-bond acceptors (Lipinski definition) is 6. The molecule has 4 aliphatic rings. The normalized spacial score (nSPS) is 44.4. The van der Waals surface area contributed by atoms with Gasteiger partial charge in [-0.3, -0.25) is 19.2 Å². The molecule has 8 atom stereocenters. The number of ketones is 3. The predicted molar refractivity (Wildman–Crippen MR) is 124 cm³/mol. The first-order chi connectivity index (χ1) is 15.6. The molecule has 0 aromatic heterocycles. The zero-order chi connectivity index (χ0) is 25.6. The smallest absolute Gasteiger partial charge is 0.303 e. The van der Waals surface area contributed by atoms with Gasteiger partial charge in [-0.1, -0.05) is 34.6 Å². The lowest BCUT2D eigenvalue weighted by atomic mass is 9.42. The van der Waals surface area contributed by atoms with E-state index in [0.29, 0.717) is 30.4 Å². The third-order valence-electron chi connectivity index (χ3n) is 10.8. The van der Waals surface area contributed by atoms with Crippen LogP contribution in [0, 0.1) is 39.4 Å². The Balaban J connectivity index is 1.91. The monoisotopic (exact) mass is 474 g/mol. The van der Waals surface area contributed by atoms with E-state index in [9.17, 15) is 29.4 Å². The molecule has 3 N–H and O–H groups in total. The number of carboxylic acid groups (broad SMARTS) is 1. The average molecular weight is 475 g/mol. The van der Waals surface area contributed by atoms with Crippen molar-refractivity contribution in [1.29, 1.82) is 0 Å². The molecule has 0 bridgehead atoms. The maximum Gasteiger partial charge on any atom is 0.303 e. The van der Waals surface area contributed by atoms with Gasteiger partial charge in [-0.25, -0.2) is 0 Å². The maximum atomic E-state index is 14.0. The molecule has 0 amide bonds. The molecule has 4 rings (SSSR count). The van der Waals surface area contributed by atoms with Crippen molar-refractivity contribution in [2.45, 2.75) is 92.3 Å². The molecule has 4 aliphatic carbocycles. The average Bonchev–Trinajstić information content (AvgIpc) is 2.97. The molecule has 0 aromatic rings. The minimum atomic E-state index is -1.44. The standard InChI is InChI=1S/C27H38O7/c1-13(7-8-19(31)32)14-11-18(30)27(6)20-15(28)12-16-24(2,3)17(29)9-10-25(16,4)21(20)22(33)23(34)26(14,27)5/h13-16,23,28,34H,7-12H2,1-6H3,(H,31,32)/t13-,14-,15+,16+,23+,25+,26+,27+/m1/s1. The second-order valence-electron chi connectivity index (χ2n) is 12.5. The number of rotatable bonds is 4. The van der Waals surface area contributed by atoms with Crippen LogP contribution in [0.25, 0.3) is 0 Å². The predicted octanol–water partition coefficient (Wildman–Crippen LogP) is 3.11. The summed E-state index contributed by atoms with van der Waals surface area (Å²) in [5, 5.41) is 32.2. The summed E-state index contributed by atoms with van der Waals surface area (Å²) in [7, 11) is 0. The summed E-state index contributed by atoms with van der Waals surface area (Å²) in [4.78, 5) is 51.7. The molecule has 0 radical (unpaired) electrons. The number of carboxylic acids is 1. The molecular weight excluding hydrogens is 436 g/mol. The van der Waals surface area contributed by atoms with E-state index in [0.717, 1.165) is 0 Å². The van der Waals surface area contributed by atoms with Gasteiger partial charge in [-0.05, 0) is 49.5 Å². The number of fused-ring (bicyclic) bond motifs is 4. The Bertz CT molecular complexity index is 1010. The summed E-state index contributed by atoms with van der Waals surface area (Å²) in [6.07, 6.45) is -1.04. The van der Waals surface area contributed by atoms with Crippen LogP contribution >= 0.6 is 0 Å². The number of hydrogen-bond donors (Lipinski definition) is 3.